The molecule has 2 aromatic carbocycles. The third-order valence-corrected chi connectivity index (χ3v) is 6.35. The summed E-state index contributed by atoms with van der Waals surface area (Å²) in [5, 5.41) is 12.6. The first-order chi connectivity index (χ1) is 16.5. The third-order valence-electron chi connectivity index (χ3n) is 4.55. The number of ether oxygens (including phenoxy) is 2. The van der Waals surface area contributed by atoms with Crippen molar-refractivity contribution in [3.63, 3.8) is 0 Å². The molecule has 174 valence electrons. The fraction of sp³-hybridized carbons (Fsp3) is 0.130. The third kappa shape index (κ3) is 5.61. The molecule has 0 bridgehead atoms. The Balaban J connectivity index is 1.50. The average Bonchev–Trinajstić information content (AvgIpc) is 3.53. The Morgan fingerprint density at radius 1 is 1.06 bits per heavy atom. The van der Waals surface area contributed by atoms with Crippen molar-refractivity contribution in [1.82, 2.24) is 20.1 Å². The molecule has 0 spiro atoms. The van der Waals surface area contributed by atoms with Crippen molar-refractivity contribution in [2.75, 3.05) is 12.9 Å². The number of halogens is 1. The minimum absolute atomic E-state index is 0.0112. The van der Waals surface area contributed by atoms with E-state index in [1.807, 2.05) is 0 Å². The van der Waals surface area contributed by atoms with Gasteiger partial charge in [0.15, 0.2) is 11.0 Å². The monoisotopic (exact) mass is 498 g/mol. The second kappa shape index (κ2) is 10.9. The number of aromatic nitrogens is 3. The van der Waals surface area contributed by atoms with Crippen LogP contribution >= 0.6 is 23.1 Å². The molecule has 0 aliphatic carbocycles. The molecule has 0 atom stereocenters. The standard InChI is InChI=1S/C23H19FN4O4S2/c1-31-15-8-10-16(11-9-15)32-13-20-26-27-23(28(20)18-6-3-2-5-17(18)24)34-14-21(29)25-22(30)19-7-4-12-33-19/h2-12H,13-14H2,1H3,(H,25,29,30). The fourth-order valence-electron chi connectivity index (χ4n) is 2.94. The molecule has 1 N–H and O–H groups in total. The molecular formula is C23H19FN4O4S2. The maximum absolute atomic E-state index is 14.6. The largest absolute Gasteiger partial charge is 0.497 e. The Labute approximate surface area is 202 Å². The number of hydrogen-bond donors (Lipinski definition) is 1. The topological polar surface area (TPSA) is 95.3 Å². The van der Waals surface area contributed by atoms with Crippen LogP contribution in [-0.4, -0.2) is 39.4 Å². The van der Waals surface area contributed by atoms with Gasteiger partial charge in [-0.25, -0.2) is 4.39 Å². The van der Waals surface area contributed by atoms with Gasteiger partial charge >= 0.3 is 0 Å². The van der Waals surface area contributed by atoms with Crippen LogP contribution in [-0.2, 0) is 11.4 Å². The predicted octanol–water partition coefficient (Wildman–Crippen LogP) is 4.10. The number of thiophene rings is 1. The maximum atomic E-state index is 14.6. The van der Waals surface area contributed by atoms with Crippen LogP contribution in [0.4, 0.5) is 4.39 Å². The number of thioether (sulfide) groups is 1. The Morgan fingerprint density at radius 2 is 1.82 bits per heavy atom. The van der Waals surface area contributed by atoms with Crippen molar-refractivity contribution < 1.29 is 23.5 Å². The lowest BCUT2D eigenvalue weighted by Gasteiger charge is -2.12. The molecule has 11 heteroatoms. The molecule has 0 saturated carbocycles. The molecular weight excluding hydrogens is 479 g/mol. The molecule has 2 aromatic heterocycles. The van der Waals surface area contributed by atoms with E-state index in [2.05, 4.69) is 15.5 Å². The number of methoxy groups -OCH3 is 1. The van der Waals surface area contributed by atoms with Crippen molar-refractivity contribution in [1.29, 1.82) is 0 Å². The molecule has 8 nitrogen and oxygen atoms in total. The van der Waals surface area contributed by atoms with Crippen LogP contribution in [0.3, 0.4) is 0 Å². The van der Waals surface area contributed by atoms with Gasteiger partial charge in [0.1, 0.15) is 23.9 Å². The summed E-state index contributed by atoms with van der Waals surface area (Å²) in [6.45, 7) is 0.0112. The Morgan fingerprint density at radius 3 is 2.53 bits per heavy atom. The van der Waals surface area contributed by atoms with Crippen molar-refractivity contribution >= 4 is 34.9 Å². The Kier molecular flexibility index (Phi) is 7.55. The van der Waals surface area contributed by atoms with Gasteiger partial charge in [0, 0.05) is 0 Å². The molecule has 4 rings (SSSR count). The highest BCUT2D eigenvalue weighted by Gasteiger charge is 2.19. The summed E-state index contributed by atoms with van der Waals surface area (Å²) in [6, 6.07) is 16.5. The zero-order valence-corrected chi connectivity index (χ0v) is 19.6. The van der Waals surface area contributed by atoms with E-state index < -0.39 is 17.6 Å². The molecule has 0 saturated heterocycles. The van der Waals surface area contributed by atoms with Crippen molar-refractivity contribution in [2.45, 2.75) is 11.8 Å². The van der Waals surface area contributed by atoms with E-state index in [9.17, 15) is 14.0 Å². The summed E-state index contributed by atoms with van der Waals surface area (Å²) < 4.78 is 27.1. The number of nitrogens with one attached hydrogen (secondary N) is 1. The normalized spacial score (nSPS) is 10.6. The van der Waals surface area contributed by atoms with Crippen LogP contribution in [0.15, 0.2) is 71.2 Å². The van der Waals surface area contributed by atoms with Crippen molar-refractivity contribution in [3.05, 3.63) is 82.6 Å². The molecule has 2 heterocycles. The van der Waals surface area contributed by atoms with E-state index in [-0.39, 0.29) is 23.2 Å². The first-order valence-corrected chi connectivity index (χ1v) is 11.9. The summed E-state index contributed by atoms with van der Waals surface area (Å²) >= 11 is 2.27. The van der Waals surface area contributed by atoms with E-state index >= 15 is 0 Å². The molecule has 34 heavy (non-hydrogen) atoms. The van der Waals surface area contributed by atoms with Gasteiger partial charge in [-0.2, -0.15) is 0 Å². The molecule has 0 unspecified atom stereocenters. The molecule has 4 aromatic rings. The fourth-order valence-corrected chi connectivity index (χ4v) is 4.33. The van der Waals surface area contributed by atoms with Crippen LogP contribution < -0.4 is 14.8 Å². The number of nitrogens with zero attached hydrogens (tertiary/aromatic N) is 3. The van der Waals surface area contributed by atoms with E-state index in [0.717, 1.165) is 11.8 Å². The lowest BCUT2D eigenvalue weighted by atomic mass is 10.3. The number of para-hydroxylation sites is 1. The van der Waals surface area contributed by atoms with Gasteiger partial charge in [-0.1, -0.05) is 30.0 Å². The average molecular weight is 499 g/mol. The zero-order chi connectivity index (χ0) is 23.9. The first kappa shape index (κ1) is 23.5. The number of imide groups is 1. The second-order valence-corrected chi connectivity index (χ2v) is 8.68. The van der Waals surface area contributed by atoms with Gasteiger partial charge in [0.2, 0.25) is 5.91 Å². The summed E-state index contributed by atoms with van der Waals surface area (Å²) in [7, 11) is 1.57. The lowest BCUT2D eigenvalue weighted by Crippen LogP contribution is -2.31. The lowest BCUT2D eigenvalue weighted by molar-refractivity contribution is -0.117. The molecule has 2 amide bonds. The van der Waals surface area contributed by atoms with E-state index in [0.29, 0.717) is 22.2 Å². The number of hydrogen-bond acceptors (Lipinski definition) is 8. The smallest absolute Gasteiger partial charge is 0.267 e. The van der Waals surface area contributed by atoms with Gasteiger partial charge in [0.05, 0.1) is 23.4 Å². The van der Waals surface area contributed by atoms with Gasteiger partial charge < -0.3 is 9.47 Å². The summed E-state index contributed by atoms with van der Waals surface area (Å²) in [6.07, 6.45) is 0. The number of carbonyl (C=O) groups excluding carboxylic acids is 2. The van der Waals surface area contributed by atoms with Crippen molar-refractivity contribution in [3.8, 4) is 17.2 Å². The molecule has 0 radical (unpaired) electrons. The van der Waals surface area contributed by atoms with Gasteiger partial charge in [-0.15, -0.1) is 21.5 Å². The number of carbonyl (C=O) groups is 2. The zero-order valence-electron chi connectivity index (χ0n) is 17.9. The van der Waals surface area contributed by atoms with E-state index in [1.54, 1.807) is 67.1 Å². The summed E-state index contributed by atoms with van der Waals surface area (Å²) in [5.41, 5.74) is 0.221. The number of rotatable bonds is 9. The molecule has 0 aliphatic heterocycles. The number of amides is 2. The Bertz CT molecular complexity index is 1280. The van der Waals surface area contributed by atoms with Crippen LogP contribution in [0, 0.1) is 5.82 Å². The van der Waals surface area contributed by atoms with Gasteiger partial charge in [0.25, 0.3) is 5.91 Å². The minimum Gasteiger partial charge on any atom is -0.497 e. The number of benzene rings is 2. The van der Waals surface area contributed by atoms with Crippen LogP contribution in [0.2, 0.25) is 0 Å². The first-order valence-electron chi connectivity index (χ1n) is 10.0. The predicted molar refractivity (Wildman–Crippen MR) is 126 cm³/mol. The second-order valence-electron chi connectivity index (χ2n) is 6.79. The summed E-state index contributed by atoms with van der Waals surface area (Å²) in [4.78, 5) is 24.8. The van der Waals surface area contributed by atoms with E-state index in [1.165, 1.54) is 22.0 Å². The van der Waals surface area contributed by atoms with Gasteiger partial charge in [-0.3, -0.25) is 19.5 Å². The molecule has 0 fully saturated rings. The maximum Gasteiger partial charge on any atom is 0.267 e. The van der Waals surface area contributed by atoms with Crippen LogP contribution in [0.1, 0.15) is 15.5 Å². The SMILES string of the molecule is COc1ccc(OCc2nnc(SCC(=O)NC(=O)c3cccs3)n2-c2ccccc2F)cc1. The Hall–Kier alpha value is -3.70. The highest BCUT2D eigenvalue weighted by molar-refractivity contribution is 7.99. The minimum atomic E-state index is -0.498. The van der Waals surface area contributed by atoms with Gasteiger partial charge in [-0.05, 0) is 47.8 Å². The van der Waals surface area contributed by atoms with Crippen molar-refractivity contribution in [2.24, 2.45) is 0 Å². The highest BCUT2D eigenvalue weighted by atomic mass is 32.2. The summed E-state index contributed by atoms with van der Waals surface area (Å²) in [5.74, 6) is 0.0575. The highest BCUT2D eigenvalue weighted by Crippen LogP contribution is 2.25. The van der Waals surface area contributed by atoms with Crippen LogP contribution in [0.25, 0.3) is 5.69 Å². The van der Waals surface area contributed by atoms with E-state index in [4.69, 9.17) is 9.47 Å². The molecule has 0 aliphatic rings. The van der Waals surface area contributed by atoms with Crippen LogP contribution in [0.5, 0.6) is 11.5 Å². The quantitative estimate of drug-likeness (QED) is 0.347.